The fraction of sp³-hybridized carbons (Fsp3) is 0.226. The van der Waals surface area contributed by atoms with Crippen molar-refractivity contribution in [2.75, 3.05) is 19.7 Å². The van der Waals surface area contributed by atoms with Gasteiger partial charge in [-0.05, 0) is 78.2 Å². The number of halogens is 1. The van der Waals surface area contributed by atoms with Crippen molar-refractivity contribution in [3.63, 3.8) is 0 Å². The molecule has 0 fully saturated rings. The minimum atomic E-state index is -0.418. The Labute approximate surface area is 227 Å². The molecule has 1 aliphatic heterocycles. The topological polar surface area (TPSA) is 74.2 Å². The lowest BCUT2D eigenvalue weighted by Gasteiger charge is -2.29. The molecule has 4 aromatic rings. The minimum absolute atomic E-state index is 0.0769. The maximum Gasteiger partial charge on any atom is 0.271 e. The Balaban J connectivity index is 1.23. The average Bonchev–Trinajstić information content (AvgIpc) is 2.92. The second-order valence-corrected chi connectivity index (χ2v) is 10.1. The second-order valence-electron chi connectivity index (χ2n) is 9.64. The molecule has 0 aliphatic carbocycles. The number of carbonyl (C=O) groups excluding carboxylic acids is 1. The highest BCUT2D eigenvalue weighted by Gasteiger charge is 2.17. The molecule has 2 N–H and O–H groups in total. The van der Waals surface area contributed by atoms with E-state index in [1.165, 1.54) is 40.5 Å². The Kier molecular flexibility index (Phi) is 7.63. The summed E-state index contributed by atoms with van der Waals surface area (Å²) in [6, 6.07) is 20.8. The number of aryl methyl sites for hydroxylation is 2. The number of fused-ring (bicyclic) bond motifs is 2. The van der Waals surface area contributed by atoms with Gasteiger partial charge in [-0.1, -0.05) is 48.0 Å². The summed E-state index contributed by atoms with van der Waals surface area (Å²) in [6.45, 7) is 7.81. The van der Waals surface area contributed by atoms with Crippen LogP contribution in [0.4, 0.5) is 0 Å². The van der Waals surface area contributed by atoms with E-state index >= 15 is 0 Å². The third-order valence-corrected chi connectivity index (χ3v) is 7.37. The highest BCUT2D eigenvalue weighted by Crippen LogP contribution is 2.29. The molecule has 0 saturated carbocycles. The first-order chi connectivity index (χ1) is 18.4. The molecule has 0 saturated heterocycles. The molecule has 1 heterocycles. The molecular weight excluding hydrogens is 498 g/mol. The Bertz CT molecular complexity index is 1530. The molecule has 0 spiro atoms. The number of carbonyl (C=O) groups is 1. The summed E-state index contributed by atoms with van der Waals surface area (Å²) >= 11 is 5.90. The first-order valence-electron chi connectivity index (χ1n) is 12.7. The van der Waals surface area contributed by atoms with Gasteiger partial charge >= 0.3 is 0 Å². The molecule has 6 nitrogen and oxygen atoms in total. The maximum absolute atomic E-state index is 12.4. The van der Waals surface area contributed by atoms with Crippen LogP contribution in [0.1, 0.15) is 38.2 Å². The van der Waals surface area contributed by atoms with Gasteiger partial charge in [-0.25, -0.2) is 5.43 Å². The van der Waals surface area contributed by atoms with Crippen molar-refractivity contribution in [3.8, 4) is 11.5 Å². The third kappa shape index (κ3) is 5.67. The molecule has 0 unspecified atom stereocenters. The molecule has 38 heavy (non-hydrogen) atoms. The molecule has 0 atom stereocenters. The summed E-state index contributed by atoms with van der Waals surface area (Å²) in [7, 11) is 0. The molecule has 4 aromatic carbocycles. The van der Waals surface area contributed by atoms with Crippen LogP contribution in [-0.4, -0.2) is 41.8 Å². The Hall–Kier alpha value is -3.87. The second kappa shape index (κ2) is 11.3. The molecule has 5 rings (SSSR count). The number of benzene rings is 4. The predicted molar refractivity (Wildman–Crippen MR) is 153 cm³/mol. The zero-order valence-corrected chi connectivity index (χ0v) is 22.3. The molecule has 1 amide bonds. The lowest BCUT2D eigenvalue weighted by atomic mass is 9.95. The van der Waals surface area contributed by atoms with E-state index in [2.05, 4.69) is 41.4 Å². The van der Waals surface area contributed by atoms with E-state index in [4.69, 9.17) is 16.3 Å². The SMILES string of the molecule is Cc1cc2c(cc1C)CN(CCOc1ccc(/C=N/NC(=O)c3ccc(O)c(Cl)c3)c3ccccc13)CC2. The highest BCUT2D eigenvalue weighted by atomic mass is 35.5. The number of rotatable bonds is 7. The van der Waals surface area contributed by atoms with Crippen molar-refractivity contribution >= 4 is 34.5 Å². The summed E-state index contributed by atoms with van der Waals surface area (Å²) in [6.07, 6.45) is 2.69. The monoisotopic (exact) mass is 527 g/mol. The van der Waals surface area contributed by atoms with Gasteiger partial charge in [-0.15, -0.1) is 0 Å². The molecular formula is C31H30ClN3O3. The van der Waals surface area contributed by atoms with Gasteiger partial charge in [0.15, 0.2) is 0 Å². The fourth-order valence-electron chi connectivity index (χ4n) is 4.80. The first-order valence-corrected chi connectivity index (χ1v) is 13.0. The van der Waals surface area contributed by atoms with Crippen LogP contribution in [0.15, 0.2) is 71.8 Å². The largest absolute Gasteiger partial charge is 0.506 e. The summed E-state index contributed by atoms with van der Waals surface area (Å²) in [5, 5.41) is 15.7. The van der Waals surface area contributed by atoms with Crippen molar-refractivity contribution in [2.45, 2.75) is 26.8 Å². The van der Waals surface area contributed by atoms with Crippen molar-refractivity contribution in [1.82, 2.24) is 10.3 Å². The number of hydrazone groups is 1. The van der Waals surface area contributed by atoms with E-state index in [1.807, 2.05) is 36.4 Å². The van der Waals surface area contributed by atoms with Crippen LogP contribution in [0, 0.1) is 13.8 Å². The number of nitrogens with one attached hydrogen (secondary N) is 1. The molecule has 1 aliphatic rings. The van der Waals surface area contributed by atoms with E-state index in [1.54, 1.807) is 6.21 Å². The number of ether oxygens (including phenoxy) is 1. The van der Waals surface area contributed by atoms with Crippen LogP contribution in [-0.2, 0) is 13.0 Å². The number of hydrogen-bond acceptors (Lipinski definition) is 5. The van der Waals surface area contributed by atoms with Crippen LogP contribution in [0.3, 0.4) is 0 Å². The van der Waals surface area contributed by atoms with Gasteiger partial charge in [-0.2, -0.15) is 5.10 Å². The van der Waals surface area contributed by atoms with Crippen LogP contribution in [0.2, 0.25) is 5.02 Å². The highest BCUT2D eigenvalue weighted by molar-refractivity contribution is 6.32. The van der Waals surface area contributed by atoms with E-state index in [9.17, 15) is 9.90 Å². The minimum Gasteiger partial charge on any atom is -0.506 e. The van der Waals surface area contributed by atoms with Gasteiger partial charge in [0.2, 0.25) is 0 Å². The number of aromatic hydroxyl groups is 1. The van der Waals surface area contributed by atoms with Gasteiger partial charge in [0.05, 0.1) is 11.2 Å². The van der Waals surface area contributed by atoms with Gasteiger partial charge in [0.1, 0.15) is 18.1 Å². The lowest BCUT2D eigenvalue weighted by molar-refractivity contribution is 0.0955. The van der Waals surface area contributed by atoms with Gasteiger partial charge in [0.25, 0.3) is 5.91 Å². The summed E-state index contributed by atoms with van der Waals surface area (Å²) < 4.78 is 6.24. The Morgan fingerprint density at radius 2 is 1.82 bits per heavy atom. The molecule has 194 valence electrons. The average molecular weight is 528 g/mol. The van der Waals surface area contributed by atoms with Crippen molar-refractivity contribution in [2.24, 2.45) is 5.10 Å². The summed E-state index contributed by atoms with van der Waals surface area (Å²) in [4.78, 5) is 14.8. The zero-order chi connectivity index (χ0) is 26.6. The van der Waals surface area contributed by atoms with Gasteiger partial charge in [-0.3, -0.25) is 9.69 Å². The van der Waals surface area contributed by atoms with E-state index in [0.29, 0.717) is 12.2 Å². The van der Waals surface area contributed by atoms with Crippen LogP contribution in [0.5, 0.6) is 11.5 Å². The summed E-state index contributed by atoms with van der Waals surface area (Å²) in [5.74, 6) is 0.328. The van der Waals surface area contributed by atoms with Crippen LogP contribution < -0.4 is 10.2 Å². The van der Waals surface area contributed by atoms with Crippen LogP contribution in [0.25, 0.3) is 10.8 Å². The number of phenolic OH excluding ortho intramolecular Hbond substituents is 1. The van der Waals surface area contributed by atoms with Gasteiger partial charge < -0.3 is 9.84 Å². The number of hydrogen-bond donors (Lipinski definition) is 2. The quantitative estimate of drug-likeness (QED) is 0.228. The molecule has 7 heteroatoms. The first kappa shape index (κ1) is 25.8. The number of amides is 1. The van der Waals surface area contributed by atoms with Gasteiger partial charge in [0, 0.05) is 36.1 Å². The van der Waals surface area contributed by atoms with Crippen molar-refractivity contribution < 1.29 is 14.6 Å². The van der Waals surface area contributed by atoms with Crippen molar-refractivity contribution in [3.05, 3.63) is 105 Å². The fourth-order valence-corrected chi connectivity index (χ4v) is 4.98. The Morgan fingerprint density at radius 3 is 2.61 bits per heavy atom. The molecule has 0 bridgehead atoms. The van der Waals surface area contributed by atoms with E-state index in [0.717, 1.165) is 48.1 Å². The number of phenols is 1. The van der Waals surface area contributed by atoms with Crippen LogP contribution >= 0.6 is 11.6 Å². The smallest absolute Gasteiger partial charge is 0.271 e. The zero-order valence-electron chi connectivity index (χ0n) is 21.5. The predicted octanol–water partition coefficient (Wildman–Crippen LogP) is 6.02. The number of nitrogens with zero attached hydrogens (tertiary/aromatic N) is 2. The normalized spacial score (nSPS) is 13.6. The van der Waals surface area contributed by atoms with E-state index in [-0.39, 0.29) is 10.8 Å². The molecule has 0 aromatic heterocycles. The summed E-state index contributed by atoms with van der Waals surface area (Å²) in [5.41, 5.74) is 9.28. The third-order valence-electron chi connectivity index (χ3n) is 7.07. The van der Waals surface area contributed by atoms with E-state index < -0.39 is 5.91 Å². The standard InChI is InChI=1S/C31H30ClN3O3/c1-20-15-22-11-12-35(19-25(22)16-21(20)2)13-14-38-30-10-8-24(26-5-3-4-6-27(26)30)18-33-34-31(37)23-7-9-29(36)28(32)17-23/h3-10,15-18,36H,11-14,19H2,1-2H3,(H,34,37)/b33-18+. The molecule has 0 radical (unpaired) electrons. The Morgan fingerprint density at radius 1 is 1.05 bits per heavy atom. The van der Waals surface area contributed by atoms with Crippen molar-refractivity contribution in [1.29, 1.82) is 0 Å². The lowest BCUT2D eigenvalue weighted by Crippen LogP contribution is -2.34. The maximum atomic E-state index is 12.4.